The van der Waals surface area contributed by atoms with Gasteiger partial charge in [0.15, 0.2) is 0 Å². The highest BCUT2D eigenvalue weighted by Gasteiger charge is 2.05. The number of rotatable bonds is 1. The molecule has 0 spiro atoms. The second-order valence-corrected chi connectivity index (χ2v) is 3.31. The van der Waals surface area contributed by atoms with Gasteiger partial charge in [-0.3, -0.25) is 0 Å². The van der Waals surface area contributed by atoms with Crippen molar-refractivity contribution in [2.45, 2.75) is 0 Å². The van der Waals surface area contributed by atoms with Crippen LogP contribution >= 0.6 is 0 Å². The van der Waals surface area contributed by atoms with Crippen molar-refractivity contribution in [3.63, 3.8) is 0 Å². The molecule has 0 unspecified atom stereocenters. The molecule has 0 saturated heterocycles. The molecule has 0 aliphatic carbocycles. The number of nitrogens with one attached hydrogen (secondary N) is 1. The van der Waals surface area contributed by atoms with Gasteiger partial charge in [0, 0.05) is 19.5 Å². The number of aromatic nitrogens is 2. The van der Waals surface area contributed by atoms with E-state index in [0.29, 0.717) is 5.82 Å². The smallest absolute Gasteiger partial charge is 0.347 e. The Kier molecular flexibility index (Phi) is 1.96. The Labute approximate surface area is 81.2 Å². The third kappa shape index (κ3) is 1.35. The van der Waals surface area contributed by atoms with Crippen molar-refractivity contribution < 1.29 is 0 Å². The van der Waals surface area contributed by atoms with Gasteiger partial charge in [0.05, 0.1) is 5.52 Å². The van der Waals surface area contributed by atoms with Gasteiger partial charge in [-0.15, -0.1) is 0 Å². The van der Waals surface area contributed by atoms with Crippen LogP contribution in [0.15, 0.2) is 29.1 Å². The number of benzene rings is 1. The standard InChI is InChI=1S/C10H11N3O/c1-13(2)9-7-5-3-4-6-8(7)11-10(14)12-9/h3-6H,1-2H3,(H,11,12,14). The summed E-state index contributed by atoms with van der Waals surface area (Å²) in [5.41, 5.74) is 0.503. The van der Waals surface area contributed by atoms with E-state index in [9.17, 15) is 4.79 Å². The fraction of sp³-hybridized carbons (Fsp3) is 0.200. The number of hydrogen-bond acceptors (Lipinski definition) is 3. The highest BCUT2D eigenvalue weighted by molar-refractivity contribution is 5.88. The number of fused-ring (bicyclic) bond motifs is 1. The van der Waals surface area contributed by atoms with Gasteiger partial charge < -0.3 is 9.88 Å². The zero-order valence-electron chi connectivity index (χ0n) is 8.11. The summed E-state index contributed by atoms with van der Waals surface area (Å²) in [6, 6.07) is 7.62. The first-order chi connectivity index (χ1) is 6.68. The molecule has 0 fully saturated rings. The quantitative estimate of drug-likeness (QED) is 0.727. The van der Waals surface area contributed by atoms with E-state index in [2.05, 4.69) is 9.97 Å². The minimum absolute atomic E-state index is 0.313. The van der Waals surface area contributed by atoms with Gasteiger partial charge in [0.25, 0.3) is 0 Å². The molecule has 0 atom stereocenters. The van der Waals surface area contributed by atoms with Gasteiger partial charge in [0.2, 0.25) is 0 Å². The van der Waals surface area contributed by atoms with Crippen LogP contribution in [0.25, 0.3) is 10.9 Å². The van der Waals surface area contributed by atoms with E-state index in [1.165, 1.54) is 0 Å². The molecule has 0 aliphatic rings. The van der Waals surface area contributed by atoms with Crippen molar-refractivity contribution in [2.24, 2.45) is 0 Å². The maximum atomic E-state index is 11.2. The van der Waals surface area contributed by atoms with E-state index in [1.807, 2.05) is 43.3 Å². The van der Waals surface area contributed by atoms with Crippen LogP contribution in [-0.2, 0) is 0 Å². The molecule has 0 aliphatic heterocycles. The molecule has 0 radical (unpaired) electrons. The Morgan fingerprint density at radius 3 is 2.71 bits per heavy atom. The second-order valence-electron chi connectivity index (χ2n) is 3.31. The van der Waals surface area contributed by atoms with Gasteiger partial charge in [-0.2, -0.15) is 4.98 Å². The zero-order valence-corrected chi connectivity index (χ0v) is 8.11. The fourth-order valence-corrected chi connectivity index (χ4v) is 1.43. The van der Waals surface area contributed by atoms with Gasteiger partial charge in [-0.25, -0.2) is 4.79 Å². The number of hydrogen-bond donors (Lipinski definition) is 1. The average molecular weight is 189 g/mol. The number of nitrogens with zero attached hydrogens (tertiary/aromatic N) is 2. The minimum atomic E-state index is -0.313. The Hall–Kier alpha value is -1.84. The lowest BCUT2D eigenvalue weighted by Gasteiger charge is -2.12. The average Bonchev–Trinajstić information content (AvgIpc) is 2.16. The topological polar surface area (TPSA) is 49.0 Å². The van der Waals surface area contributed by atoms with Crippen LogP contribution < -0.4 is 10.6 Å². The minimum Gasteiger partial charge on any atom is -0.362 e. The first-order valence-corrected chi connectivity index (χ1v) is 4.35. The Balaban J connectivity index is 2.87. The van der Waals surface area contributed by atoms with E-state index in [1.54, 1.807) is 0 Å². The number of H-pyrrole nitrogens is 1. The summed E-state index contributed by atoms with van der Waals surface area (Å²) in [6.07, 6.45) is 0. The number of para-hydroxylation sites is 1. The molecule has 2 aromatic rings. The molecule has 1 aromatic heterocycles. The molecule has 4 heteroatoms. The lowest BCUT2D eigenvalue weighted by atomic mass is 10.2. The van der Waals surface area contributed by atoms with Crippen molar-refractivity contribution in [3.05, 3.63) is 34.7 Å². The van der Waals surface area contributed by atoms with Crippen molar-refractivity contribution in [1.29, 1.82) is 0 Å². The highest BCUT2D eigenvalue weighted by Crippen LogP contribution is 2.18. The molecule has 1 N–H and O–H groups in total. The summed E-state index contributed by atoms with van der Waals surface area (Å²) in [6.45, 7) is 0. The lowest BCUT2D eigenvalue weighted by molar-refractivity contribution is 1.03. The molecule has 1 aromatic carbocycles. The molecule has 0 amide bonds. The van der Waals surface area contributed by atoms with Crippen LogP contribution in [-0.4, -0.2) is 24.1 Å². The summed E-state index contributed by atoms with van der Waals surface area (Å²) >= 11 is 0. The third-order valence-corrected chi connectivity index (χ3v) is 2.04. The molecule has 14 heavy (non-hydrogen) atoms. The van der Waals surface area contributed by atoms with Gasteiger partial charge in [-0.05, 0) is 12.1 Å². The van der Waals surface area contributed by atoms with E-state index >= 15 is 0 Å². The molecule has 72 valence electrons. The van der Waals surface area contributed by atoms with Gasteiger partial charge >= 0.3 is 5.69 Å². The molecule has 2 rings (SSSR count). The molecular weight excluding hydrogens is 178 g/mol. The first kappa shape index (κ1) is 8.74. The van der Waals surface area contributed by atoms with Crippen molar-refractivity contribution in [2.75, 3.05) is 19.0 Å². The highest BCUT2D eigenvalue weighted by atomic mass is 16.1. The maximum Gasteiger partial charge on any atom is 0.347 e. The second kappa shape index (κ2) is 3.14. The Morgan fingerprint density at radius 2 is 2.00 bits per heavy atom. The Morgan fingerprint density at radius 1 is 1.29 bits per heavy atom. The van der Waals surface area contributed by atoms with Crippen LogP contribution in [0, 0.1) is 0 Å². The van der Waals surface area contributed by atoms with Crippen LogP contribution in [0.2, 0.25) is 0 Å². The van der Waals surface area contributed by atoms with Crippen LogP contribution in [0.5, 0.6) is 0 Å². The number of anilines is 1. The zero-order chi connectivity index (χ0) is 10.1. The maximum absolute atomic E-state index is 11.2. The molecule has 4 nitrogen and oxygen atoms in total. The van der Waals surface area contributed by atoms with E-state index < -0.39 is 0 Å². The summed E-state index contributed by atoms with van der Waals surface area (Å²) in [7, 11) is 3.74. The third-order valence-electron chi connectivity index (χ3n) is 2.04. The Bertz CT molecular complexity index is 516. The SMILES string of the molecule is CN(C)c1nc(=O)[nH]c2ccccc12. The van der Waals surface area contributed by atoms with E-state index in [4.69, 9.17) is 0 Å². The van der Waals surface area contributed by atoms with Crippen LogP contribution in [0.1, 0.15) is 0 Å². The molecule has 0 bridgehead atoms. The normalized spacial score (nSPS) is 10.4. The van der Waals surface area contributed by atoms with E-state index in [-0.39, 0.29) is 5.69 Å². The fourth-order valence-electron chi connectivity index (χ4n) is 1.43. The van der Waals surface area contributed by atoms with Crippen molar-refractivity contribution in [3.8, 4) is 0 Å². The predicted molar refractivity (Wildman–Crippen MR) is 56.7 cm³/mol. The summed E-state index contributed by atoms with van der Waals surface area (Å²) in [4.78, 5) is 19.7. The number of aromatic amines is 1. The monoisotopic (exact) mass is 189 g/mol. The molecule has 0 saturated carbocycles. The molecule has 1 heterocycles. The largest absolute Gasteiger partial charge is 0.362 e. The predicted octanol–water partition coefficient (Wildman–Crippen LogP) is 0.989. The summed E-state index contributed by atoms with van der Waals surface area (Å²) in [5, 5.41) is 0.956. The van der Waals surface area contributed by atoms with Crippen LogP contribution in [0.4, 0.5) is 5.82 Å². The summed E-state index contributed by atoms with van der Waals surface area (Å²) < 4.78 is 0. The van der Waals surface area contributed by atoms with Crippen molar-refractivity contribution in [1.82, 2.24) is 9.97 Å². The lowest BCUT2D eigenvalue weighted by Crippen LogP contribution is -2.18. The van der Waals surface area contributed by atoms with Gasteiger partial charge in [-0.1, -0.05) is 12.1 Å². The van der Waals surface area contributed by atoms with Gasteiger partial charge in [0.1, 0.15) is 5.82 Å². The van der Waals surface area contributed by atoms with Crippen LogP contribution in [0.3, 0.4) is 0 Å². The van der Waals surface area contributed by atoms with E-state index in [0.717, 1.165) is 10.9 Å². The molecular formula is C10H11N3O. The van der Waals surface area contributed by atoms with Crippen molar-refractivity contribution >= 4 is 16.7 Å². The summed E-state index contributed by atoms with van der Waals surface area (Å²) in [5.74, 6) is 0.698. The first-order valence-electron chi connectivity index (χ1n) is 4.35.